The molecule has 0 saturated heterocycles. The summed E-state index contributed by atoms with van der Waals surface area (Å²) in [7, 11) is 0. The quantitative estimate of drug-likeness (QED) is 0.783. The molecule has 0 aliphatic heterocycles. The van der Waals surface area contributed by atoms with E-state index in [1.54, 1.807) is 0 Å². The number of carbonyl (C=O) groups excluding carboxylic acids is 1. The van der Waals surface area contributed by atoms with E-state index >= 15 is 0 Å². The highest BCUT2D eigenvalue weighted by molar-refractivity contribution is 5.98. The predicted octanol–water partition coefficient (Wildman–Crippen LogP) is 5.22. The van der Waals surface area contributed by atoms with Crippen LogP contribution in [0.2, 0.25) is 0 Å². The molecule has 1 aliphatic rings. The molecule has 2 aromatic carbocycles. The van der Waals surface area contributed by atoms with Crippen molar-refractivity contribution in [3.63, 3.8) is 0 Å². The lowest BCUT2D eigenvalue weighted by Crippen LogP contribution is -2.21. The molecule has 2 aromatic rings. The van der Waals surface area contributed by atoms with Crippen LogP contribution in [0.25, 0.3) is 11.1 Å². The van der Waals surface area contributed by atoms with Crippen molar-refractivity contribution < 1.29 is 9.90 Å². The van der Waals surface area contributed by atoms with Crippen molar-refractivity contribution in [2.75, 3.05) is 6.61 Å². The van der Waals surface area contributed by atoms with E-state index < -0.39 is 0 Å². The van der Waals surface area contributed by atoms with Crippen LogP contribution < -0.4 is 0 Å². The zero-order chi connectivity index (χ0) is 17.5. The van der Waals surface area contributed by atoms with Gasteiger partial charge in [-0.3, -0.25) is 4.79 Å². The third-order valence-electron chi connectivity index (χ3n) is 5.07. The summed E-state index contributed by atoms with van der Waals surface area (Å²) in [5.41, 5.74) is 3.08. The third kappa shape index (κ3) is 3.93. The Kier molecular flexibility index (Phi) is 6.74. The highest BCUT2D eigenvalue weighted by Crippen LogP contribution is 2.38. The van der Waals surface area contributed by atoms with Gasteiger partial charge in [-0.1, -0.05) is 75.4 Å². The van der Waals surface area contributed by atoms with Crippen LogP contribution in [0.1, 0.15) is 44.0 Å². The Hall–Kier alpha value is -1.93. The number of aliphatic hydroxyl groups excluding tert-OH is 1. The molecule has 0 bridgehead atoms. The summed E-state index contributed by atoms with van der Waals surface area (Å²) in [6.45, 7) is 6.28. The van der Waals surface area contributed by atoms with E-state index in [1.165, 1.54) is 0 Å². The lowest BCUT2D eigenvalue weighted by atomic mass is 9.86. The molecule has 0 amide bonds. The summed E-state index contributed by atoms with van der Waals surface area (Å²) >= 11 is 0. The minimum atomic E-state index is 0.0553. The summed E-state index contributed by atoms with van der Waals surface area (Å²) in [6.07, 6.45) is 1.85. The number of hydrogen-bond acceptors (Lipinski definition) is 2. The lowest BCUT2D eigenvalue weighted by Gasteiger charge is -2.18. The minimum absolute atomic E-state index is 0.0553. The van der Waals surface area contributed by atoms with Gasteiger partial charge in [-0.15, -0.1) is 0 Å². The fourth-order valence-electron chi connectivity index (χ4n) is 3.55. The maximum atomic E-state index is 12.7. The first-order valence-corrected chi connectivity index (χ1v) is 9.01. The second-order valence-corrected chi connectivity index (χ2v) is 6.29. The van der Waals surface area contributed by atoms with Gasteiger partial charge < -0.3 is 5.11 Å². The number of benzene rings is 2. The van der Waals surface area contributed by atoms with Gasteiger partial charge in [-0.2, -0.15) is 0 Å². The first kappa shape index (κ1) is 18.4. The zero-order valence-electron chi connectivity index (χ0n) is 14.9. The number of ketones is 1. The lowest BCUT2D eigenvalue weighted by molar-refractivity contribution is 0.0875. The van der Waals surface area contributed by atoms with Gasteiger partial charge >= 0.3 is 0 Å². The van der Waals surface area contributed by atoms with Crippen molar-refractivity contribution in [2.24, 2.45) is 17.8 Å². The Morgan fingerprint density at radius 1 is 0.958 bits per heavy atom. The standard InChI is InChI=1S/C20H22O2.C2H6/c1-14-18(13-21)11-12-19(14)20(22)17-9-7-16(8-10-17)15-5-3-2-4-6-15;1-2/h2-10,14,18-19,21H,11-13H2,1H3;1-2H3/t14-,18-,19-;/m0./s1. The highest BCUT2D eigenvalue weighted by atomic mass is 16.3. The molecule has 2 nitrogen and oxygen atoms in total. The first-order chi connectivity index (χ1) is 11.7. The van der Waals surface area contributed by atoms with Crippen LogP contribution in [0.5, 0.6) is 0 Å². The molecule has 3 rings (SSSR count). The summed E-state index contributed by atoms with van der Waals surface area (Å²) in [5.74, 6) is 0.826. The molecule has 1 aliphatic carbocycles. The number of Topliss-reactive ketones (excluding diaryl/α,β-unsaturated/α-hetero) is 1. The van der Waals surface area contributed by atoms with E-state index in [4.69, 9.17) is 0 Å². The minimum Gasteiger partial charge on any atom is -0.396 e. The van der Waals surface area contributed by atoms with Crippen molar-refractivity contribution in [1.82, 2.24) is 0 Å². The van der Waals surface area contributed by atoms with Gasteiger partial charge in [0.15, 0.2) is 5.78 Å². The van der Waals surface area contributed by atoms with Gasteiger partial charge in [0.25, 0.3) is 0 Å². The molecular weight excluding hydrogens is 296 g/mol. The second kappa shape index (κ2) is 8.79. The molecule has 0 heterocycles. The van der Waals surface area contributed by atoms with Crippen LogP contribution in [0.15, 0.2) is 54.6 Å². The molecule has 0 unspecified atom stereocenters. The summed E-state index contributed by atoms with van der Waals surface area (Å²) in [4.78, 5) is 12.7. The van der Waals surface area contributed by atoms with Crippen molar-refractivity contribution >= 4 is 5.78 Å². The molecule has 3 atom stereocenters. The van der Waals surface area contributed by atoms with E-state index in [1.807, 2.05) is 56.3 Å². The van der Waals surface area contributed by atoms with Crippen molar-refractivity contribution in [2.45, 2.75) is 33.6 Å². The van der Waals surface area contributed by atoms with Gasteiger partial charge in [0.2, 0.25) is 0 Å². The van der Waals surface area contributed by atoms with Crippen molar-refractivity contribution in [1.29, 1.82) is 0 Å². The van der Waals surface area contributed by atoms with E-state index in [2.05, 4.69) is 19.1 Å². The van der Waals surface area contributed by atoms with E-state index in [9.17, 15) is 9.90 Å². The van der Waals surface area contributed by atoms with Gasteiger partial charge in [-0.05, 0) is 35.8 Å². The molecule has 2 heteroatoms. The normalized spacial score (nSPS) is 22.6. The molecular formula is C22H28O2. The van der Waals surface area contributed by atoms with Gasteiger partial charge in [0.1, 0.15) is 0 Å². The summed E-state index contributed by atoms with van der Waals surface area (Å²) in [5, 5.41) is 9.36. The average molecular weight is 324 g/mol. The van der Waals surface area contributed by atoms with Crippen LogP contribution in [0.3, 0.4) is 0 Å². The van der Waals surface area contributed by atoms with Gasteiger partial charge in [0.05, 0.1) is 0 Å². The van der Waals surface area contributed by atoms with Crippen LogP contribution >= 0.6 is 0 Å². The van der Waals surface area contributed by atoms with Gasteiger partial charge in [-0.25, -0.2) is 0 Å². The smallest absolute Gasteiger partial charge is 0.166 e. The fraction of sp³-hybridized carbons (Fsp3) is 0.409. The molecule has 0 aromatic heterocycles. The fourth-order valence-corrected chi connectivity index (χ4v) is 3.55. The molecule has 128 valence electrons. The summed E-state index contributed by atoms with van der Waals surface area (Å²) in [6, 6.07) is 18.1. The average Bonchev–Trinajstić information content (AvgIpc) is 3.04. The SMILES string of the molecule is CC.C[C@H]1[C@H](CO)CC[C@@H]1C(=O)c1ccc(-c2ccccc2)cc1. The Balaban J connectivity index is 0.00000100. The monoisotopic (exact) mass is 324 g/mol. The van der Waals surface area contributed by atoms with Crippen molar-refractivity contribution in [3.8, 4) is 11.1 Å². The zero-order valence-corrected chi connectivity index (χ0v) is 14.9. The first-order valence-electron chi connectivity index (χ1n) is 9.01. The predicted molar refractivity (Wildman–Crippen MR) is 100 cm³/mol. The molecule has 1 saturated carbocycles. The topological polar surface area (TPSA) is 37.3 Å². The third-order valence-corrected chi connectivity index (χ3v) is 5.07. The Bertz CT molecular complexity index is 631. The Labute approximate surface area is 145 Å². The molecule has 1 N–H and O–H groups in total. The van der Waals surface area contributed by atoms with Crippen LogP contribution in [-0.4, -0.2) is 17.5 Å². The van der Waals surface area contributed by atoms with E-state index in [0.717, 1.165) is 29.5 Å². The molecule has 0 radical (unpaired) electrons. The largest absolute Gasteiger partial charge is 0.396 e. The van der Waals surface area contributed by atoms with Crippen LogP contribution in [0.4, 0.5) is 0 Å². The number of carbonyl (C=O) groups is 1. The summed E-state index contributed by atoms with van der Waals surface area (Å²) < 4.78 is 0. The van der Waals surface area contributed by atoms with E-state index in [-0.39, 0.29) is 30.1 Å². The molecule has 24 heavy (non-hydrogen) atoms. The maximum absolute atomic E-state index is 12.7. The highest BCUT2D eigenvalue weighted by Gasteiger charge is 2.36. The Morgan fingerprint density at radius 3 is 2.08 bits per heavy atom. The molecule has 0 spiro atoms. The van der Waals surface area contributed by atoms with Crippen LogP contribution in [-0.2, 0) is 0 Å². The maximum Gasteiger partial charge on any atom is 0.166 e. The molecule has 1 fully saturated rings. The van der Waals surface area contributed by atoms with Gasteiger partial charge in [0, 0.05) is 18.1 Å². The number of rotatable bonds is 4. The second-order valence-electron chi connectivity index (χ2n) is 6.29. The van der Waals surface area contributed by atoms with Crippen molar-refractivity contribution in [3.05, 3.63) is 60.2 Å². The number of aliphatic hydroxyl groups is 1. The van der Waals surface area contributed by atoms with Crippen LogP contribution in [0, 0.1) is 17.8 Å². The Morgan fingerprint density at radius 2 is 1.54 bits per heavy atom. The number of hydrogen-bond donors (Lipinski definition) is 1. The van der Waals surface area contributed by atoms with E-state index in [0.29, 0.717) is 0 Å².